The highest BCUT2D eigenvalue weighted by molar-refractivity contribution is 9.10. The Labute approximate surface area is 153 Å². The van der Waals surface area contributed by atoms with E-state index in [-0.39, 0.29) is 5.75 Å². The molecular formula is C17H16BrClN2O3. The van der Waals surface area contributed by atoms with E-state index in [1.807, 2.05) is 6.92 Å². The van der Waals surface area contributed by atoms with Crippen molar-refractivity contribution in [1.82, 2.24) is 5.43 Å². The molecule has 0 unspecified atom stereocenters. The first-order valence-electron chi connectivity index (χ1n) is 7.11. The largest absolute Gasteiger partial charge is 0.507 e. The summed E-state index contributed by atoms with van der Waals surface area (Å²) in [6, 6.07) is 10.1. The molecule has 2 rings (SSSR count). The van der Waals surface area contributed by atoms with Crippen molar-refractivity contribution >= 4 is 39.7 Å². The molecule has 0 saturated carbocycles. The Bertz CT molecular complexity index is 780. The van der Waals surface area contributed by atoms with Crippen LogP contribution >= 0.6 is 27.5 Å². The van der Waals surface area contributed by atoms with Gasteiger partial charge in [-0.15, -0.1) is 0 Å². The monoisotopic (exact) mass is 410 g/mol. The summed E-state index contributed by atoms with van der Waals surface area (Å²) in [4.78, 5) is 12.0. The predicted molar refractivity (Wildman–Crippen MR) is 97.8 cm³/mol. The Morgan fingerprint density at radius 3 is 2.83 bits per heavy atom. The van der Waals surface area contributed by atoms with E-state index < -0.39 is 12.0 Å². The lowest BCUT2D eigenvalue weighted by Crippen LogP contribution is -2.33. The van der Waals surface area contributed by atoms with Crippen LogP contribution in [0.15, 0.2) is 46.0 Å². The lowest BCUT2D eigenvalue weighted by Gasteiger charge is -2.14. The van der Waals surface area contributed by atoms with Crippen molar-refractivity contribution in [2.45, 2.75) is 20.0 Å². The van der Waals surface area contributed by atoms with Gasteiger partial charge in [0.2, 0.25) is 0 Å². The molecule has 2 aromatic rings. The summed E-state index contributed by atoms with van der Waals surface area (Å²) < 4.78 is 6.40. The van der Waals surface area contributed by atoms with Gasteiger partial charge in [-0.1, -0.05) is 27.5 Å². The van der Waals surface area contributed by atoms with Crippen molar-refractivity contribution < 1.29 is 14.6 Å². The third-order valence-electron chi connectivity index (χ3n) is 3.18. The molecule has 0 heterocycles. The van der Waals surface area contributed by atoms with Crippen molar-refractivity contribution in [3.05, 3.63) is 57.0 Å². The Morgan fingerprint density at radius 1 is 1.38 bits per heavy atom. The third kappa shape index (κ3) is 4.97. The summed E-state index contributed by atoms with van der Waals surface area (Å²) in [6.07, 6.45) is 0.622. The molecular weight excluding hydrogens is 396 g/mol. The second kappa shape index (κ2) is 8.17. The van der Waals surface area contributed by atoms with E-state index in [2.05, 4.69) is 26.5 Å². The number of carbonyl (C=O) groups is 1. The molecule has 2 N–H and O–H groups in total. The van der Waals surface area contributed by atoms with Crippen molar-refractivity contribution in [1.29, 1.82) is 0 Å². The van der Waals surface area contributed by atoms with Gasteiger partial charge in [0.1, 0.15) is 11.5 Å². The van der Waals surface area contributed by atoms with Gasteiger partial charge < -0.3 is 9.84 Å². The van der Waals surface area contributed by atoms with E-state index in [0.29, 0.717) is 16.3 Å². The Kier molecular flexibility index (Phi) is 6.23. The highest BCUT2D eigenvalue weighted by Crippen LogP contribution is 2.23. The molecule has 0 bridgehead atoms. The van der Waals surface area contributed by atoms with E-state index in [0.717, 1.165) is 10.0 Å². The lowest BCUT2D eigenvalue weighted by atomic mass is 10.2. The van der Waals surface area contributed by atoms with Crippen molar-refractivity contribution in [2.75, 3.05) is 0 Å². The molecule has 0 saturated heterocycles. The number of benzene rings is 2. The van der Waals surface area contributed by atoms with Gasteiger partial charge in [0.25, 0.3) is 5.91 Å². The highest BCUT2D eigenvalue weighted by Gasteiger charge is 2.15. The fourth-order valence-electron chi connectivity index (χ4n) is 1.87. The molecule has 0 fully saturated rings. The first-order valence-corrected chi connectivity index (χ1v) is 8.28. The molecule has 0 aliphatic heterocycles. The second-order valence-electron chi connectivity index (χ2n) is 5.11. The number of hydrogen-bond acceptors (Lipinski definition) is 4. The zero-order valence-corrected chi connectivity index (χ0v) is 15.4. The summed E-state index contributed by atoms with van der Waals surface area (Å²) in [5.41, 5.74) is 3.70. The topological polar surface area (TPSA) is 70.9 Å². The zero-order chi connectivity index (χ0) is 17.7. The van der Waals surface area contributed by atoms with E-state index in [9.17, 15) is 9.90 Å². The van der Waals surface area contributed by atoms with Gasteiger partial charge in [-0.25, -0.2) is 5.43 Å². The molecule has 0 aliphatic rings. The summed E-state index contributed by atoms with van der Waals surface area (Å²) in [5, 5.41) is 14.1. The van der Waals surface area contributed by atoms with E-state index in [1.54, 1.807) is 37.3 Å². The minimum Gasteiger partial charge on any atom is -0.507 e. The number of carbonyl (C=O) groups excluding carboxylic acids is 1. The maximum Gasteiger partial charge on any atom is 0.280 e. The van der Waals surface area contributed by atoms with Gasteiger partial charge in [-0.05, 0) is 55.8 Å². The quantitative estimate of drug-likeness (QED) is 0.576. The van der Waals surface area contributed by atoms with Crippen LogP contribution < -0.4 is 10.2 Å². The van der Waals surface area contributed by atoms with Crippen LogP contribution in [-0.2, 0) is 4.79 Å². The van der Waals surface area contributed by atoms with Gasteiger partial charge >= 0.3 is 0 Å². The van der Waals surface area contributed by atoms with E-state index >= 15 is 0 Å². The second-order valence-corrected chi connectivity index (χ2v) is 6.46. The van der Waals surface area contributed by atoms with Crippen molar-refractivity contribution in [3.8, 4) is 11.5 Å². The summed E-state index contributed by atoms with van der Waals surface area (Å²) in [6.45, 7) is 3.47. The summed E-state index contributed by atoms with van der Waals surface area (Å²) >= 11 is 9.19. The molecule has 0 spiro atoms. The van der Waals surface area contributed by atoms with E-state index in [1.165, 1.54) is 12.3 Å². The number of hydrogen-bond donors (Lipinski definition) is 2. The number of nitrogens with zero attached hydrogens (tertiary/aromatic N) is 1. The van der Waals surface area contributed by atoms with Crippen LogP contribution in [0.2, 0.25) is 5.02 Å². The molecule has 1 amide bonds. The predicted octanol–water partition coefficient (Wildman–Crippen LogP) is 4.03. The Balaban J connectivity index is 1.96. The van der Waals surface area contributed by atoms with Gasteiger partial charge in [-0.3, -0.25) is 4.79 Å². The third-order valence-corrected chi connectivity index (χ3v) is 3.91. The van der Waals surface area contributed by atoms with E-state index in [4.69, 9.17) is 16.3 Å². The number of amides is 1. The van der Waals surface area contributed by atoms with Crippen LogP contribution in [0.4, 0.5) is 0 Å². The van der Waals surface area contributed by atoms with Crippen LogP contribution in [0.3, 0.4) is 0 Å². The van der Waals surface area contributed by atoms with Crippen molar-refractivity contribution in [3.63, 3.8) is 0 Å². The molecule has 5 nitrogen and oxygen atoms in total. The molecule has 126 valence electrons. The fourth-order valence-corrected chi connectivity index (χ4v) is 2.48. The van der Waals surface area contributed by atoms with Gasteiger partial charge in [0.15, 0.2) is 6.10 Å². The maximum atomic E-state index is 12.0. The van der Waals surface area contributed by atoms with Gasteiger partial charge in [-0.2, -0.15) is 5.10 Å². The van der Waals surface area contributed by atoms with Gasteiger partial charge in [0.05, 0.1) is 6.21 Å². The highest BCUT2D eigenvalue weighted by atomic mass is 79.9. The molecule has 0 radical (unpaired) electrons. The first-order chi connectivity index (χ1) is 11.4. The van der Waals surface area contributed by atoms with Crippen LogP contribution in [0.25, 0.3) is 0 Å². The molecule has 7 heteroatoms. The number of ether oxygens (including phenoxy) is 1. The van der Waals surface area contributed by atoms with Crippen LogP contribution in [0.1, 0.15) is 18.1 Å². The molecule has 0 aliphatic carbocycles. The number of aryl methyl sites for hydroxylation is 1. The number of rotatable bonds is 5. The van der Waals surface area contributed by atoms with Crippen molar-refractivity contribution in [2.24, 2.45) is 5.10 Å². The molecule has 24 heavy (non-hydrogen) atoms. The number of hydrazone groups is 1. The van der Waals surface area contributed by atoms with Crippen LogP contribution in [-0.4, -0.2) is 23.3 Å². The SMILES string of the molecule is Cc1cc(Cl)ccc1O[C@H](C)C(=O)N/N=C/c1cc(Br)ccc1O. The maximum absolute atomic E-state index is 12.0. The number of phenolic OH excluding ortho intramolecular Hbond substituents is 1. The Morgan fingerprint density at radius 2 is 2.12 bits per heavy atom. The number of aromatic hydroxyl groups is 1. The summed E-state index contributed by atoms with van der Waals surface area (Å²) in [5.74, 6) is 0.239. The fraction of sp³-hybridized carbons (Fsp3) is 0.176. The van der Waals surface area contributed by atoms with Gasteiger partial charge in [0, 0.05) is 15.1 Å². The normalized spacial score (nSPS) is 12.2. The molecule has 1 atom stereocenters. The minimum absolute atomic E-state index is 0.0669. The molecule has 0 aromatic heterocycles. The standard InChI is InChI=1S/C17H16BrClN2O3/c1-10-7-14(19)4-6-16(10)24-11(2)17(23)21-20-9-12-8-13(18)3-5-15(12)22/h3-9,11,22H,1-2H3,(H,21,23)/b20-9+/t11-/m1/s1. The lowest BCUT2D eigenvalue weighted by molar-refractivity contribution is -0.127. The smallest absolute Gasteiger partial charge is 0.280 e. The Hall–Kier alpha value is -2.05. The zero-order valence-electron chi connectivity index (χ0n) is 13.1. The first kappa shape index (κ1) is 18.3. The average molecular weight is 412 g/mol. The minimum atomic E-state index is -0.738. The summed E-state index contributed by atoms with van der Waals surface area (Å²) in [7, 11) is 0. The van der Waals surface area contributed by atoms with Crippen LogP contribution in [0.5, 0.6) is 11.5 Å². The number of halogens is 2. The average Bonchev–Trinajstić information content (AvgIpc) is 2.53. The number of phenols is 1. The number of nitrogens with one attached hydrogen (secondary N) is 1. The molecule has 2 aromatic carbocycles. The van der Waals surface area contributed by atoms with Crippen LogP contribution in [0, 0.1) is 6.92 Å².